The number of nitro groups is 1. The van der Waals surface area contributed by atoms with Crippen molar-refractivity contribution in [2.24, 2.45) is 0 Å². The Morgan fingerprint density at radius 3 is 2.42 bits per heavy atom. The van der Waals surface area contributed by atoms with E-state index >= 15 is 0 Å². The molecule has 0 N–H and O–H groups in total. The minimum atomic E-state index is -0.460. The molecule has 138 valence electrons. The van der Waals surface area contributed by atoms with Crippen LogP contribution in [0.1, 0.15) is 6.92 Å². The van der Waals surface area contributed by atoms with Gasteiger partial charge in [0.2, 0.25) is 5.91 Å². The minimum absolute atomic E-state index is 0.0170. The second kappa shape index (κ2) is 9.19. The number of rotatable bonds is 8. The third-order valence-electron chi connectivity index (χ3n) is 3.59. The van der Waals surface area contributed by atoms with Gasteiger partial charge in [0.1, 0.15) is 18.2 Å². The summed E-state index contributed by atoms with van der Waals surface area (Å²) in [4.78, 5) is 24.9. The zero-order valence-electron chi connectivity index (χ0n) is 14.4. The van der Waals surface area contributed by atoms with Gasteiger partial charge < -0.3 is 9.64 Å². The van der Waals surface area contributed by atoms with Crippen molar-refractivity contribution in [3.8, 4) is 5.75 Å². The molecule has 0 aromatic heterocycles. The summed E-state index contributed by atoms with van der Waals surface area (Å²) in [5, 5.41) is 10.3. The van der Waals surface area contributed by atoms with Crippen LogP contribution in [0.2, 0.25) is 0 Å². The van der Waals surface area contributed by atoms with E-state index in [2.05, 4.69) is 0 Å². The number of benzene rings is 2. The summed E-state index contributed by atoms with van der Waals surface area (Å²) < 4.78 is 18.3. The molecule has 0 spiro atoms. The molecular weight excluding hydrogens is 359 g/mol. The summed E-state index contributed by atoms with van der Waals surface area (Å²) in [6.45, 7) is 2.47. The molecule has 2 rings (SSSR count). The Morgan fingerprint density at radius 2 is 1.85 bits per heavy atom. The number of non-ortho nitro benzene ring substituents is 1. The first-order chi connectivity index (χ1) is 12.4. The van der Waals surface area contributed by atoms with Crippen LogP contribution in [0.5, 0.6) is 5.75 Å². The number of carbonyl (C=O) groups excluding carboxylic acids is 1. The van der Waals surface area contributed by atoms with E-state index < -0.39 is 4.92 Å². The molecule has 6 nitrogen and oxygen atoms in total. The van der Waals surface area contributed by atoms with Gasteiger partial charge in [-0.3, -0.25) is 14.9 Å². The molecule has 0 fully saturated rings. The molecule has 26 heavy (non-hydrogen) atoms. The van der Waals surface area contributed by atoms with Crippen LogP contribution in [0.3, 0.4) is 0 Å². The van der Waals surface area contributed by atoms with Crippen LogP contribution in [-0.2, 0) is 4.79 Å². The molecule has 2 aromatic rings. The number of hydrogen-bond acceptors (Lipinski definition) is 5. The number of amides is 1. The summed E-state index contributed by atoms with van der Waals surface area (Å²) in [5.74, 6) is 0.137. The summed E-state index contributed by atoms with van der Waals surface area (Å²) >= 11 is 1.34. The van der Waals surface area contributed by atoms with E-state index in [-0.39, 0.29) is 22.7 Å². The van der Waals surface area contributed by atoms with Gasteiger partial charge in [0.05, 0.1) is 16.7 Å². The van der Waals surface area contributed by atoms with E-state index in [0.717, 1.165) is 4.90 Å². The van der Waals surface area contributed by atoms with Crippen LogP contribution in [-0.4, -0.2) is 41.2 Å². The second-order valence-electron chi connectivity index (χ2n) is 5.57. The molecule has 0 radical (unpaired) electrons. The van der Waals surface area contributed by atoms with Crippen molar-refractivity contribution in [3.63, 3.8) is 0 Å². The van der Waals surface area contributed by atoms with Gasteiger partial charge in [0, 0.05) is 24.1 Å². The summed E-state index contributed by atoms with van der Waals surface area (Å²) in [6, 6.07) is 11.8. The first kappa shape index (κ1) is 19.7. The number of ether oxygens (including phenoxy) is 1. The summed E-state index contributed by atoms with van der Waals surface area (Å²) in [7, 11) is 1.68. The van der Waals surface area contributed by atoms with Crippen molar-refractivity contribution in [2.75, 3.05) is 20.2 Å². The quantitative estimate of drug-likeness (QED) is 0.397. The van der Waals surface area contributed by atoms with Gasteiger partial charge in [-0.1, -0.05) is 0 Å². The van der Waals surface area contributed by atoms with Crippen LogP contribution in [0, 0.1) is 15.9 Å². The highest BCUT2D eigenvalue weighted by atomic mass is 32.2. The van der Waals surface area contributed by atoms with Crippen LogP contribution >= 0.6 is 11.8 Å². The Balaban J connectivity index is 1.80. The van der Waals surface area contributed by atoms with Crippen molar-refractivity contribution >= 4 is 23.4 Å². The standard InChI is InChI=1S/C18H19FN2O4S/c1-13(26-17-9-5-15(6-10-17)21(23)24)18(22)20(2)11-12-25-16-7-3-14(19)4-8-16/h3-10,13H,11-12H2,1-2H3. The Kier molecular flexibility index (Phi) is 6.97. The molecule has 0 saturated carbocycles. The third kappa shape index (κ3) is 5.73. The lowest BCUT2D eigenvalue weighted by Gasteiger charge is -2.21. The number of hydrogen-bond donors (Lipinski definition) is 0. The SMILES string of the molecule is CC(Sc1ccc([N+](=O)[O-])cc1)C(=O)N(C)CCOc1ccc(F)cc1. The lowest BCUT2D eigenvalue weighted by atomic mass is 10.3. The molecule has 0 bridgehead atoms. The first-order valence-corrected chi connectivity index (χ1v) is 8.79. The van der Waals surface area contributed by atoms with E-state index in [0.29, 0.717) is 18.9 Å². The number of halogens is 1. The normalized spacial score (nSPS) is 11.7. The maximum atomic E-state index is 12.8. The topological polar surface area (TPSA) is 72.7 Å². The maximum Gasteiger partial charge on any atom is 0.269 e. The van der Waals surface area contributed by atoms with Crippen LogP contribution in [0.25, 0.3) is 0 Å². The number of nitro benzene ring substituents is 1. The molecular formula is C18H19FN2O4S. The molecule has 1 unspecified atom stereocenters. The van der Waals surface area contributed by atoms with Crippen molar-refractivity contribution in [1.82, 2.24) is 4.90 Å². The highest BCUT2D eigenvalue weighted by Crippen LogP contribution is 2.26. The summed E-state index contributed by atoms with van der Waals surface area (Å²) in [6.07, 6.45) is 0. The minimum Gasteiger partial charge on any atom is -0.492 e. The highest BCUT2D eigenvalue weighted by Gasteiger charge is 2.19. The predicted octanol–water partition coefficient (Wildman–Crippen LogP) is 3.75. The number of thioether (sulfide) groups is 1. The highest BCUT2D eigenvalue weighted by molar-refractivity contribution is 8.00. The van der Waals surface area contributed by atoms with Crippen molar-refractivity contribution < 1.29 is 18.8 Å². The Morgan fingerprint density at radius 1 is 1.23 bits per heavy atom. The van der Waals surface area contributed by atoms with Crippen molar-refractivity contribution in [1.29, 1.82) is 0 Å². The Hall–Kier alpha value is -2.61. The fourth-order valence-corrected chi connectivity index (χ4v) is 3.13. The zero-order chi connectivity index (χ0) is 19.1. The maximum absolute atomic E-state index is 12.8. The largest absolute Gasteiger partial charge is 0.492 e. The molecule has 0 heterocycles. The van der Waals surface area contributed by atoms with Gasteiger partial charge in [-0.25, -0.2) is 4.39 Å². The van der Waals surface area contributed by atoms with E-state index in [1.165, 1.54) is 48.2 Å². The van der Waals surface area contributed by atoms with Gasteiger partial charge in [-0.15, -0.1) is 11.8 Å². The van der Waals surface area contributed by atoms with Crippen LogP contribution in [0.4, 0.5) is 10.1 Å². The van der Waals surface area contributed by atoms with Crippen molar-refractivity contribution in [3.05, 3.63) is 64.5 Å². The van der Waals surface area contributed by atoms with Gasteiger partial charge in [-0.05, 0) is 43.3 Å². The van der Waals surface area contributed by atoms with Gasteiger partial charge in [0.15, 0.2) is 0 Å². The molecule has 1 atom stereocenters. The van der Waals surface area contributed by atoms with Crippen LogP contribution in [0.15, 0.2) is 53.4 Å². The Bertz CT molecular complexity index is 753. The lowest BCUT2D eigenvalue weighted by molar-refractivity contribution is -0.384. The van der Waals surface area contributed by atoms with E-state index in [1.807, 2.05) is 0 Å². The fourth-order valence-electron chi connectivity index (χ4n) is 2.15. The monoisotopic (exact) mass is 378 g/mol. The third-order valence-corrected chi connectivity index (χ3v) is 4.69. The first-order valence-electron chi connectivity index (χ1n) is 7.91. The molecule has 1 amide bonds. The van der Waals surface area contributed by atoms with Gasteiger partial charge in [-0.2, -0.15) is 0 Å². The lowest BCUT2D eigenvalue weighted by Crippen LogP contribution is -2.36. The number of carbonyl (C=O) groups is 1. The number of nitrogens with zero attached hydrogens (tertiary/aromatic N) is 2. The smallest absolute Gasteiger partial charge is 0.269 e. The molecule has 0 aliphatic heterocycles. The zero-order valence-corrected chi connectivity index (χ0v) is 15.2. The number of likely N-dealkylation sites (N-methyl/N-ethyl adjacent to an activating group) is 1. The average Bonchev–Trinajstić information content (AvgIpc) is 2.63. The van der Waals surface area contributed by atoms with E-state index in [4.69, 9.17) is 4.74 Å². The molecule has 8 heteroatoms. The molecule has 0 aliphatic carbocycles. The van der Waals surface area contributed by atoms with E-state index in [1.54, 1.807) is 31.0 Å². The second-order valence-corrected chi connectivity index (χ2v) is 6.99. The average molecular weight is 378 g/mol. The molecule has 2 aromatic carbocycles. The Labute approximate surface area is 155 Å². The fraction of sp³-hybridized carbons (Fsp3) is 0.278. The molecule has 0 saturated heterocycles. The van der Waals surface area contributed by atoms with Gasteiger partial charge >= 0.3 is 0 Å². The van der Waals surface area contributed by atoms with Gasteiger partial charge in [0.25, 0.3) is 5.69 Å². The van der Waals surface area contributed by atoms with Crippen molar-refractivity contribution in [2.45, 2.75) is 17.1 Å². The van der Waals surface area contributed by atoms with E-state index in [9.17, 15) is 19.3 Å². The summed E-state index contributed by atoms with van der Waals surface area (Å²) in [5.41, 5.74) is 0.0170. The van der Waals surface area contributed by atoms with Crippen LogP contribution < -0.4 is 4.74 Å². The molecule has 0 aliphatic rings. The predicted molar refractivity (Wildman–Crippen MR) is 97.9 cm³/mol.